The number of nitrogens with one attached hydrogen (secondary N) is 1. The maximum atomic E-state index is 4.93. The van der Waals surface area contributed by atoms with Crippen LogP contribution in [0.2, 0.25) is 0 Å². The van der Waals surface area contributed by atoms with Crippen LogP contribution in [-0.2, 0) is 6.54 Å². The number of aromatic nitrogens is 1. The first-order valence-electron chi connectivity index (χ1n) is 7.96. The van der Waals surface area contributed by atoms with Gasteiger partial charge in [-0.25, -0.2) is 4.98 Å². The molecule has 0 spiro atoms. The van der Waals surface area contributed by atoms with Crippen molar-refractivity contribution in [3.63, 3.8) is 0 Å². The Labute approximate surface area is 135 Å². The average molecular weight is 312 g/mol. The lowest BCUT2D eigenvalue weighted by Crippen LogP contribution is -2.40. The maximum Gasteiger partial charge on any atom is 0.186 e. The van der Waals surface area contributed by atoms with Gasteiger partial charge in [0.25, 0.3) is 0 Å². The first-order valence-corrected chi connectivity index (χ1v) is 8.78. The summed E-state index contributed by atoms with van der Waals surface area (Å²) in [6.07, 6.45) is 1.11. The van der Waals surface area contributed by atoms with Crippen molar-refractivity contribution in [2.24, 2.45) is 0 Å². The number of thiazole rings is 1. The molecule has 1 heterocycles. The molecule has 122 valence electrons. The molecule has 0 bridgehead atoms. The number of hydrogen-bond acceptors (Lipinski definition) is 4. The van der Waals surface area contributed by atoms with E-state index in [1.54, 1.807) is 0 Å². The Hall–Kier alpha value is -0.610. The third kappa shape index (κ3) is 4.96. The van der Waals surface area contributed by atoms with Gasteiger partial charge in [-0.05, 0) is 47.0 Å². The second kappa shape index (κ2) is 6.66. The highest BCUT2D eigenvalue weighted by molar-refractivity contribution is 7.15. The molecule has 1 aromatic heterocycles. The SMILES string of the molecule is CCC(C)(C)N(C)c1nc(C(C)C)c(CNC(C)(C)C)s1. The van der Waals surface area contributed by atoms with E-state index in [1.807, 2.05) is 11.3 Å². The molecule has 4 heteroatoms. The average Bonchev–Trinajstić information content (AvgIpc) is 2.78. The predicted molar refractivity (Wildman–Crippen MR) is 95.6 cm³/mol. The standard InChI is InChI=1S/C17H33N3S/c1-10-17(7,8)20(9)15-19-14(12(2)3)13(21-15)11-18-16(4,5)6/h12,18H,10-11H2,1-9H3. The lowest BCUT2D eigenvalue weighted by atomic mass is 10.0. The third-order valence-corrected chi connectivity index (χ3v) is 5.25. The first kappa shape index (κ1) is 18.4. The predicted octanol–water partition coefficient (Wildman–Crippen LogP) is 4.78. The second-order valence-electron chi connectivity index (χ2n) is 7.79. The van der Waals surface area contributed by atoms with Gasteiger partial charge >= 0.3 is 0 Å². The first-order chi connectivity index (χ1) is 9.48. The Bertz CT molecular complexity index is 455. The quantitative estimate of drug-likeness (QED) is 0.819. The fraction of sp³-hybridized carbons (Fsp3) is 0.824. The van der Waals surface area contributed by atoms with E-state index in [0.717, 1.165) is 18.1 Å². The molecule has 1 rings (SSSR count). The monoisotopic (exact) mass is 311 g/mol. The summed E-state index contributed by atoms with van der Waals surface area (Å²) < 4.78 is 0. The molecule has 0 aliphatic heterocycles. The van der Waals surface area contributed by atoms with Crippen LogP contribution in [0.25, 0.3) is 0 Å². The van der Waals surface area contributed by atoms with Crippen LogP contribution in [0.5, 0.6) is 0 Å². The van der Waals surface area contributed by atoms with Crippen molar-refractivity contribution < 1.29 is 0 Å². The van der Waals surface area contributed by atoms with Crippen molar-refractivity contribution in [2.45, 2.75) is 85.4 Å². The number of nitrogens with zero attached hydrogens (tertiary/aromatic N) is 2. The number of rotatable bonds is 6. The molecule has 0 amide bonds. The minimum absolute atomic E-state index is 0.132. The summed E-state index contributed by atoms with van der Waals surface area (Å²) in [6, 6.07) is 0. The lowest BCUT2D eigenvalue weighted by molar-refractivity contribution is 0.425. The summed E-state index contributed by atoms with van der Waals surface area (Å²) in [5.41, 5.74) is 1.51. The molecule has 0 radical (unpaired) electrons. The second-order valence-corrected chi connectivity index (χ2v) is 8.85. The van der Waals surface area contributed by atoms with Gasteiger partial charge in [-0.2, -0.15) is 0 Å². The van der Waals surface area contributed by atoms with Crippen LogP contribution in [0.4, 0.5) is 5.13 Å². The van der Waals surface area contributed by atoms with Gasteiger partial charge in [-0.1, -0.05) is 20.8 Å². The molecular weight excluding hydrogens is 278 g/mol. The van der Waals surface area contributed by atoms with E-state index >= 15 is 0 Å². The third-order valence-electron chi connectivity index (χ3n) is 4.10. The summed E-state index contributed by atoms with van der Waals surface area (Å²) in [7, 11) is 2.16. The molecule has 1 N–H and O–H groups in total. The molecule has 0 aliphatic rings. The zero-order valence-corrected chi connectivity index (χ0v) is 16.1. The van der Waals surface area contributed by atoms with Crippen molar-refractivity contribution in [1.82, 2.24) is 10.3 Å². The van der Waals surface area contributed by atoms with Crippen molar-refractivity contribution in [3.8, 4) is 0 Å². The van der Waals surface area contributed by atoms with Gasteiger partial charge < -0.3 is 10.2 Å². The smallest absolute Gasteiger partial charge is 0.186 e. The van der Waals surface area contributed by atoms with Crippen molar-refractivity contribution in [2.75, 3.05) is 11.9 Å². The van der Waals surface area contributed by atoms with Gasteiger partial charge in [-0.3, -0.25) is 0 Å². The van der Waals surface area contributed by atoms with Crippen molar-refractivity contribution in [1.29, 1.82) is 0 Å². The molecular formula is C17H33N3S. The van der Waals surface area contributed by atoms with Crippen LogP contribution in [0.15, 0.2) is 0 Å². The van der Waals surface area contributed by atoms with E-state index in [2.05, 4.69) is 72.7 Å². The molecule has 0 aliphatic carbocycles. The van der Waals surface area contributed by atoms with Crippen molar-refractivity contribution >= 4 is 16.5 Å². The summed E-state index contributed by atoms with van der Waals surface area (Å²) in [5, 5.41) is 4.73. The summed E-state index contributed by atoms with van der Waals surface area (Å²) in [6.45, 7) is 18.7. The van der Waals surface area contributed by atoms with Crippen LogP contribution < -0.4 is 10.2 Å². The van der Waals surface area contributed by atoms with Gasteiger partial charge in [0.2, 0.25) is 0 Å². The summed E-state index contributed by atoms with van der Waals surface area (Å²) >= 11 is 1.83. The Morgan fingerprint density at radius 2 is 1.76 bits per heavy atom. The molecule has 21 heavy (non-hydrogen) atoms. The molecule has 0 aromatic carbocycles. The van der Waals surface area contributed by atoms with Crippen LogP contribution in [0.1, 0.15) is 78.3 Å². The lowest BCUT2D eigenvalue weighted by Gasteiger charge is -2.34. The molecule has 0 saturated carbocycles. The maximum absolute atomic E-state index is 4.93. The molecule has 0 atom stereocenters. The number of hydrogen-bond donors (Lipinski definition) is 1. The zero-order valence-electron chi connectivity index (χ0n) is 15.3. The minimum atomic E-state index is 0.132. The van der Waals surface area contributed by atoms with Gasteiger partial charge in [0.15, 0.2) is 5.13 Å². The van der Waals surface area contributed by atoms with Gasteiger partial charge in [-0.15, -0.1) is 11.3 Å². The van der Waals surface area contributed by atoms with E-state index in [9.17, 15) is 0 Å². The Kier molecular flexibility index (Phi) is 5.84. The Morgan fingerprint density at radius 1 is 1.19 bits per heavy atom. The van der Waals surface area contributed by atoms with E-state index < -0.39 is 0 Å². The molecule has 0 unspecified atom stereocenters. The highest BCUT2D eigenvalue weighted by atomic mass is 32.1. The molecule has 0 saturated heterocycles. The highest BCUT2D eigenvalue weighted by Crippen LogP contribution is 2.34. The normalized spacial score (nSPS) is 13.0. The number of anilines is 1. The van der Waals surface area contributed by atoms with E-state index in [0.29, 0.717) is 5.92 Å². The Balaban J connectivity index is 3.04. The Morgan fingerprint density at radius 3 is 2.19 bits per heavy atom. The summed E-state index contributed by atoms with van der Waals surface area (Å²) in [4.78, 5) is 8.62. The molecule has 1 aromatic rings. The van der Waals surface area contributed by atoms with E-state index in [4.69, 9.17) is 4.98 Å². The van der Waals surface area contributed by atoms with Crippen LogP contribution >= 0.6 is 11.3 Å². The minimum Gasteiger partial charge on any atom is -0.346 e. The van der Waals surface area contributed by atoms with Gasteiger partial charge in [0.1, 0.15) is 0 Å². The highest BCUT2D eigenvalue weighted by Gasteiger charge is 2.26. The molecule has 3 nitrogen and oxygen atoms in total. The molecule has 0 fully saturated rings. The van der Waals surface area contributed by atoms with E-state index in [1.165, 1.54) is 10.6 Å². The fourth-order valence-electron chi connectivity index (χ4n) is 1.91. The zero-order chi connectivity index (χ0) is 16.4. The van der Waals surface area contributed by atoms with Crippen LogP contribution in [0.3, 0.4) is 0 Å². The fourth-order valence-corrected chi connectivity index (χ4v) is 3.19. The van der Waals surface area contributed by atoms with E-state index in [-0.39, 0.29) is 11.1 Å². The summed E-state index contributed by atoms with van der Waals surface area (Å²) in [5.74, 6) is 0.463. The van der Waals surface area contributed by atoms with Crippen molar-refractivity contribution in [3.05, 3.63) is 10.6 Å². The van der Waals surface area contributed by atoms with Gasteiger partial charge in [0, 0.05) is 29.5 Å². The largest absolute Gasteiger partial charge is 0.346 e. The van der Waals surface area contributed by atoms with Crippen LogP contribution in [0, 0.1) is 0 Å². The van der Waals surface area contributed by atoms with Crippen LogP contribution in [-0.4, -0.2) is 23.1 Å². The van der Waals surface area contributed by atoms with Gasteiger partial charge in [0.05, 0.1) is 5.69 Å². The topological polar surface area (TPSA) is 28.2 Å².